The maximum Gasteiger partial charge on any atom is 0.406 e. The Bertz CT molecular complexity index is 872. The fourth-order valence-corrected chi connectivity index (χ4v) is 4.53. The third-order valence-electron chi connectivity index (χ3n) is 4.61. The molecule has 2 aromatic rings. The molecule has 1 aliphatic rings. The van der Waals surface area contributed by atoms with Crippen LogP contribution in [0, 0.1) is 0 Å². The minimum absolute atomic E-state index is 0.0252. The highest BCUT2D eigenvalue weighted by atomic mass is 32.1. The standard InChI is InChI=1S/C17H20F3N3O2S/c1-2-22(9-17(18,19)20)13(24)7-8-23-10-21-15-14(16(23)25)11-5-3-4-6-12(11)26-15/h10H,2-9H2,1H3. The molecule has 9 heteroatoms. The smallest absolute Gasteiger partial charge is 0.334 e. The number of thiophene rings is 1. The number of aryl methyl sites for hydroxylation is 3. The highest BCUT2D eigenvalue weighted by Crippen LogP contribution is 2.33. The average Bonchev–Trinajstić information content (AvgIpc) is 2.97. The molecule has 26 heavy (non-hydrogen) atoms. The number of halogens is 3. The van der Waals surface area contributed by atoms with Gasteiger partial charge in [0.05, 0.1) is 11.7 Å². The Labute approximate surface area is 152 Å². The second-order valence-electron chi connectivity index (χ2n) is 6.41. The molecule has 0 N–H and O–H groups in total. The van der Waals surface area contributed by atoms with E-state index < -0.39 is 18.6 Å². The first kappa shape index (κ1) is 18.9. The van der Waals surface area contributed by atoms with Crippen LogP contribution < -0.4 is 5.56 Å². The zero-order valence-electron chi connectivity index (χ0n) is 14.4. The van der Waals surface area contributed by atoms with Gasteiger partial charge in [-0.3, -0.25) is 14.2 Å². The molecule has 0 saturated carbocycles. The van der Waals surface area contributed by atoms with Gasteiger partial charge < -0.3 is 4.90 Å². The molecule has 0 unspecified atom stereocenters. The van der Waals surface area contributed by atoms with E-state index in [-0.39, 0.29) is 25.1 Å². The van der Waals surface area contributed by atoms with Gasteiger partial charge in [0.2, 0.25) is 5.91 Å². The topological polar surface area (TPSA) is 55.2 Å². The predicted molar refractivity (Wildman–Crippen MR) is 93.4 cm³/mol. The summed E-state index contributed by atoms with van der Waals surface area (Å²) in [6, 6.07) is 0. The molecule has 5 nitrogen and oxygen atoms in total. The van der Waals surface area contributed by atoms with E-state index in [9.17, 15) is 22.8 Å². The first-order chi connectivity index (χ1) is 12.3. The fraction of sp³-hybridized carbons (Fsp3) is 0.588. The lowest BCUT2D eigenvalue weighted by atomic mass is 9.97. The number of carbonyl (C=O) groups is 1. The van der Waals surface area contributed by atoms with Crippen molar-refractivity contribution in [3.63, 3.8) is 0 Å². The molecule has 0 atom stereocenters. The summed E-state index contributed by atoms with van der Waals surface area (Å²) in [7, 11) is 0. The number of alkyl halides is 3. The summed E-state index contributed by atoms with van der Waals surface area (Å²) in [5.74, 6) is -0.621. The largest absolute Gasteiger partial charge is 0.406 e. The van der Waals surface area contributed by atoms with Crippen LogP contribution in [0.25, 0.3) is 10.2 Å². The fourth-order valence-electron chi connectivity index (χ4n) is 3.31. The molecule has 142 valence electrons. The van der Waals surface area contributed by atoms with Gasteiger partial charge in [-0.1, -0.05) is 0 Å². The van der Waals surface area contributed by atoms with Gasteiger partial charge in [-0.2, -0.15) is 13.2 Å². The van der Waals surface area contributed by atoms with Crippen LogP contribution in [0.15, 0.2) is 11.1 Å². The van der Waals surface area contributed by atoms with E-state index in [2.05, 4.69) is 4.98 Å². The Balaban J connectivity index is 1.78. The van der Waals surface area contributed by atoms with Gasteiger partial charge in [-0.05, 0) is 38.2 Å². The van der Waals surface area contributed by atoms with Crippen LogP contribution in [-0.4, -0.2) is 39.6 Å². The van der Waals surface area contributed by atoms with Crippen molar-refractivity contribution in [1.29, 1.82) is 0 Å². The van der Waals surface area contributed by atoms with E-state index in [1.165, 1.54) is 34.0 Å². The first-order valence-corrected chi connectivity index (χ1v) is 9.46. The predicted octanol–water partition coefficient (Wildman–Crippen LogP) is 3.14. The van der Waals surface area contributed by atoms with Crippen molar-refractivity contribution in [2.45, 2.75) is 51.7 Å². The summed E-state index contributed by atoms with van der Waals surface area (Å²) in [5, 5.41) is 0.613. The van der Waals surface area contributed by atoms with E-state index >= 15 is 0 Å². The van der Waals surface area contributed by atoms with Gasteiger partial charge in [0.1, 0.15) is 11.4 Å². The number of amides is 1. The van der Waals surface area contributed by atoms with Crippen molar-refractivity contribution in [2.75, 3.05) is 13.1 Å². The Morgan fingerprint density at radius 2 is 2.08 bits per heavy atom. The van der Waals surface area contributed by atoms with Crippen molar-refractivity contribution in [3.05, 3.63) is 27.1 Å². The lowest BCUT2D eigenvalue weighted by Gasteiger charge is -2.22. The van der Waals surface area contributed by atoms with Crippen molar-refractivity contribution in [2.24, 2.45) is 0 Å². The van der Waals surface area contributed by atoms with Crippen molar-refractivity contribution in [1.82, 2.24) is 14.5 Å². The van der Waals surface area contributed by atoms with Gasteiger partial charge in [0, 0.05) is 24.4 Å². The Hall–Kier alpha value is -1.90. The minimum Gasteiger partial charge on any atom is -0.334 e. The number of aromatic nitrogens is 2. The molecular weight excluding hydrogens is 367 g/mol. The van der Waals surface area contributed by atoms with Gasteiger partial charge in [-0.25, -0.2) is 4.98 Å². The summed E-state index contributed by atoms with van der Waals surface area (Å²) in [4.78, 5) is 31.8. The van der Waals surface area contributed by atoms with Gasteiger partial charge >= 0.3 is 6.18 Å². The zero-order chi connectivity index (χ0) is 18.9. The van der Waals surface area contributed by atoms with E-state index in [1.54, 1.807) is 0 Å². The maximum absolute atomic E-state index is 12.8. The quantitative estimate of drug-likeness (QED) is 0.792. The van der Waals surface area contributed by atoms with Crippen molar-refractivity contribution < 1.29 is 18.0 Å². The van der Waals surface area contributed by atoms with E-state index in [0.717, 1.165) is 36.1 Å². The summed E-state index contributed by atoms with van der Waals surface area (Å²) in [6.45, 7) is 0.232. The Morgan fingerprint density at radius 3 is 2.77 bits per heavy atom. The molecule has 0 bridgehead atoms. The molecule has 3 rings (SSSR count). The van der Waals surface area contributed by atoms with E-state index in [4.69, 9.17) is 0 Å². The lowest BCUT2D eigenvalue weighted by molar-refractivity contribution is -0.160. The van der Waals surface area contributed by atoms with Crippen LogP contribution in [0.2, 0.25) is 0 Å². The molecule has 0 radical (unpaired) electrons. The summed E-state index contributed by atoms with van der Waals surface area (Å²) in [5.41, 5.74) is 0.850. The van der Waals surface area contributed by atoms with E-state index in [1.807, 2.05) is 0 Å². The van der Waals surface area contributed by atoms with Crippen LogP contribution in [0.1, 0.15) is 36.6 Å². The Morgan fingerprint density at radius 1 is 1.35 bits per heavy atom. The number of nitrogens with zero attached hydrogens (tertiary/aromatic N) is 3. The summed E-state index contributed by atoms with van der Waals surface area (Å²) < 4.78 is 38.9. The van der Waals surface area contributed by atoms with Crippen LogP contribution in [0.3, 0.4) is 0 Å². The Kier molecular flexibility index (Phi) is 5.36. The second kappa shape index (κ2) is 7.38. The molecule has 0 aliphatic heterocycles. The minimum atomic E-state index is -4.43. The molecule has 0 fully saturated rings. The van der Waals surface area contributed by atoms with Gasteiger partial charge in [0.15, 0.2) is 0 Å². The monoisotopic (exact) mass is 387 g/mol. The number of hydrogen-bond donors (Lipinski definition) is 0. The molecule has 0 aromatic carbocycles. The molecule has 0 spiro atoms. The van der Waals surface area contributed by atoms with Crippen molar-refractivity contribution in [3.8, 4) is 0 Å². The first-order valence-electron chi connectivity index (χ1n) is 8.64. The maximum atomic E-state index is 12.8. The zero-order valence-corrected chi connectivity index (χ0v) is 15.3. The lowest BCUT2D eigenvalue weighted by Crippen LogP contribution is -2.39. The SMILES string of the molecule is CCN(CC(F)(F)F)C(=O)CCn1cnc2sc3c(c2c1=O)CCCC3. The highest BCUT2D eigenvalue weighted by molar-refractivity contribution is 7.18. The third-order valence-corrected chi connectivity index (χ3v) is 5.81. The average molecular weight is 387 g/mol. The summed E-state index contributed by atoms with van der Waals surface area (Å²) >= 11 is 1.54. The van der Waals surface area contributed by atoms with Gasteiger partial charge in [0.25, 0.3) is 5.56 Å². The highest BCUT2D eigenvalue weighted by Gasteiger charge is 2.32. The molecule has 2 heterocycles. The molecule has 1 amide bonds. The summed E-state index contributed by atoms with van der Waals surface area (Å²) in [6.07, 6.45) is 0.743. The van der Waals surface area contributed by atoms with Crippen LogP contribution in [0.4, 0.5) is 13.2 Å². The molecular formula is C17H20F3N3O2S. The number of carbonyl (C=O) groups excluding carboxylic acids is 1. The van der Waals surface area contributed by atoms with Crippen LogP contribution >= 0.6 is 11.3 Å². The van der Waals surface area contributed by atoms with E-state index in [0.29, 0.717) is 10.2 Å². The van der Waals surface area contributed by atoms with Crippen molar-refractivity contribution >= 4 is 27.5 Å². The second-order valence-corrected chi connectivity index (χ2v) is 7.49. The van der Waals surface area contributed by atoms with Gasteiger partial charge in [-0.15, -0.1) is 11.3 Å². The molecule has 0 saturated heterocycles. The molecule has 2 aromatic heterocycles. The number of rotatable bonds is 5. The van der Waals surface area contributed by atoms with Crippen LogP contribution in [-0.2, 0) is 24.2 Å². The molecule has 1 aliphatic carbocycles. The number of hydrogen-bond acceptors (Lipinski definition) is 4. The van der Waals surface area contributed by atoms with Crippen LogP contribution in [0.5, 0.6) is 0 Å². The third kappa shape index (κ3) is 3.92. The number of fused-ring (bicyclic) bond motifs is 3. The normalized spacial score (nSPS) is 14.5.